The molecule has 0 rings (SSSR count). The minimum absolute atomic E-state index is 0.600. The molecule has 74 valence electrons. The number of rotatable bonds is 7. The molecular weight excluding hydrogens is 150 g/mol. The Labute approximate surface area is 75.9 Å². The van der Waals surface area contributed by atoms with Crippen LogP contribution in [0.25, 0.3) is 0 Å². The number of hydrogen-bond donors (Lipinski definition) is 3. The van der Waals surface area contributed by atoms with Crippen LogP contribution in [0.4, 0.5) is 0 Å². The molecule has 0 bridgehead atoms. The van der Waals surface area contributed by atoms with E-state index in [9.17, 15) is 0 Å². The Morgan fingerprint density at radius 2 is 1.92 bits per heavy atom. The Balaban J connectivity index is 3.32. The van der Waals surface area contributed by atoms with Crippen LogP contribution in [0, 0.1) is 11.8 Å². The van der Waals surface area contributed by atoms with Crippen LogP contribution in [0.5, 0.6) is 0 Å². The highest BCUT2D eigenvalue weighted by atomic mass is 14.9. The lowest BCUT2D eigenvalue weighted by atomic mass is 9.96. The number of nitrogens with two attached hydrogens (primary N) is 2. The maximum atomic E-state index is 5.62. The molecule has 1 unspecified atom stereocenters. The lowest BCUT2D eigenvalue weighted by Gasteiger charge is -2.19. The molecule has 12 heavy (non-hydrogen) atoms. The first-order valence-corrected chi connectivity index (χ1v) is 4.83. The summed E-state index contributed by atoms with van der Waals surface area (Å²) in [4.78, 5) is 0. The predicted octanol–water partition coefficient (Wildman–Crippen LogP) is 0.156. The summed E-state index contributed by atoms with van der Waals surface area (Å²) >= 11 is 0. The topological polar surface area (TPSA) is 64.1 Å². The Hall–Kier alpha value is -0.120. The van der Waals surface area contributed by atoms with E-state index in [-0.39, 0.29) is 0 Å². The number of nitrogens with one attached hydrogen (secondary N) is 1. The van der Waals surface area contributed by atoms with Gasteiger partial charge in [0.25, 0.3) is 0 Å². The van der Waals surface area contributed by atoms with Crippen molar-refractivity contribution < 1.29 is 0 Å². The number of hydrogen-bond acceptors (Lipinski definition) is 3. The zero-order valence-corrected chi connectivity index (χ0v) is 8.34. The minimum Gasteiger partial charge on any atom is -0.330 e. The lowest BCUT2D eigenvalue weighted by molar-refractivity contribution is 0.371. The standard InChI is InChI=1S/C9H23N3/c1-8(2)9(6-11)7-12-5-3-4-10/h8-9,12H,3-7,10-11H2,1-2H3. The Morgan fingerprint density at radius 1 is 1.25 bits per heavy atom. The molecule has 0 aliphatic rings. The van der Waals surface area contributed by atoms with Crippen LogP contribution in [0.1, 0.15) is 20.3 Å². The SMILES string of the molecule is CC(C)C(CN)CNCCCN. The molecule has 0 saturated heterocycles. The fraction of sp³-hybridized carbons (Fsp3) is 1.00. The molecule has 0 aromatic rings. The van der Waals surface area contributed by atoms with Gasteiger partial charge in [0.05, 0.1) is 0 Å². The van der Waals surface area contributed by atoms with Crippen molar-refractivity contribution in [3.63, 3.8) is 0 Å². The van der Waals surface area contributed by atoms with Crippen LogP contribution < -0.4 is 16.8 Å². The molecule has 0 radical (unpaired) electrons. The van der Waals surface area contributed by atoms with Crippen LogP contribution in [0.15, 0.2) is 0 Å². The van der Waals surface area contributed by atoms with Gasteiger partial charge in [0, 0.05) is 0 Å². The maximum Gasteiger partial charge on any atom is -0.000600 e. The molecule has 0 aliphatic carbocycles. The lowest BCUT2D eigenvalue weighted by Crippen LogP contribution is -2.32. The van der Waals surface area contributed by atoms with Crippen LogP contribution in [-0.2, 0) is 0 Å². The van der Waals surface area contributed by atoms with Crippen LogP contribution in [-0.4, -0.2) is 26.2 Å². The van der Waals surface area contributed by atoms with E-state index in [4.69, 9.17) is 11.5 Å². The third-order valence-electron chi connectivity index (χ3n) is 2.21. The molecule has 0 fully saturated rings. The van der Waals surface area contributed by atoms with Gasteiger partial charge >= 0.3 is 0 Å². The predicted molar refractivity (Wildman–Crippen MR) is 53.9 cm³/mol. The van der Waals surface area contributed by atoms with Crippen molar-refractivity contribution in [2.75, 3.05) is 26.2 Å². The van der Waals surface area contributed by atoms with Crippen LogP contribution in [0.2, 0.25) is 0 Å². The fourth-order valence-corrected chi connectivity index (χ4v) is 1.11. The summed E-state index contributed by atoms with van der Waals surface area (Å²) in [5.41, 5.74) is 11.0. The van der Waals surface area contributed by atoms with E-state index in [1.54, 1.807) is 0 Å². The van der Waals surface area contributed by atoms with Gasteiger partial charge in [0.15, 0.2) is 0 Å². The molecule has 3 nitrogen and oxygen atoms in total. The average Bonchev–Trinajstić information content (AvgIpc) is 2.04. The largest absolute Gasteiger partial charge is 0.330 e. The van der Waals surface area contributed by atoms with Crippen LogP contribution in [0.3, 0.4) is 0 Å². The van der Waals surface area contributed by atoms with Crippen LogP contribution >= 0.6 is 0 Å². The second-order valence-corrected chi connectivity index (χ2v) is 3.59. The van der Waals surface area contributed by atoms with E-state index in [0.29, 0.717) is 11.8 Å². The third kappa shape index (κ3) is 5.52. The second kappa shape index (κ2) is 7.53. The zero-order valence-electron chi connectivity index (χ0n) is 8.34. The quantitative estimate of drug-likeness (QED) is 0.480. The van der Waals surface area contributed by atoms with Gasteiger partial charge in [-0.25, -0.2) is 0 Å². The van der Waals surface area contributed by atoms with Gasteiger partial charge in [-0.2, -0.15) is 0 Å². The summed E-state index contributed by atoms with van der Waals surface area (Å²) in [5, 5.41) is 3.36. The average molecular weight is 173 g/mol. The van der Waals surface area contributed by atoms with Gasteiger partial charge in [-0.1, -0.05) is 13.8 Å². The summed E-state index contributed by atoms with van der Waals surface area (Å²) in [7, 11) is 0. The highest BCUT2D eigenvalue weighted by Gasteiger charge is 2.09. The molecule has 0 amide bonds. The highest BCUT2D eigenvalue weighted by Crippen LogP contribution is 2.06. The van der Waals surface area contributed by atoms with E-state index >= 15 is 0 Å². The zero-order chi connectivity index (χ0) is 9.40. The Bertz CT molecular complexity index is 93.8. The normalized spacial score (nSPS) is 13.8. The summed E-state index contributed by atoms with van der Waals surface area (Å²) in [6, 6.07) is 0. The monoisotopic (exact) mass is 173 g/mol. The van der Waals surface area contributed by atoms with E-state index in [0.717, 1.165) is 32.6 Å². The van der Waals surface area contributed by atoms with Gasteiger partial charge in [-0.05, 0) is 44.4 Å². The highest BCUT2D eigenvalue weighted by molar-refractivity contribution is 4.66. The van der Waals surface area contributed by atoms with E-state index in [1.165, 1.54) is 0 Å². The summed E-state index contributed by atoms with van der Waals surface area (Å²) in [5.74, 6) is 1.27. The van der Waals surface area contributed by atoms with Crippen molar-refractivity contribution in [3.05, 3.63) is 0 Å². The van der Waals surface area contributed by atoms with E-state index < -0.39 is 0 Å². The molecule has 1 atom stereocenters. The van der Waals surface area contributed by atoms with E-state index in [2.05, 4.69) is 19.2 Å². The van der Waals surface area contributed by atoms with Gasteiger partial charge in [0.2, 0.25) is 0 Å². The molecule has 5 N–H and O–H groups in total. The molecule has 3 heteroatoms. The van der Waals surface area contributed by atoms with Gasteiger partial charge in [-0.3, -0.25) is 0 Å². The molecule has 0 saturated carbocycles. The molecule has 0 spiro atoms. The van der Waals surface area contributed by atoms with Crippen molar-refractivity contribution >= 4 is 0 Å². The first-order chi connectivity index (χ1) is 5.72. The maximum absolute atomic E-state index is 5.62. The van der Waals surface area contributed by atoms with Crippen molar-refractivity contribution in [3.8, 4) is 0 Å². The van der Waals surface area contributed by atoms with Crippen molar-refractivity contribution in [1.82, 2.24) is 5.32 Å². The molecule has 0 heterocycles. The fourth-order valence-electron chi connectivity index (χ4n) is 1.11. The molecule has 0 aliphatic heterocycles. The van der Waals surface area contributed by atoms with Gasteiger partial charge in [-0.15, -0.1) is 0 Å². The molecule has 0 aromatic heterocycles. The second-order valence-electron chi connectivity index (χ2n) is 3.59. The van der Waals surface area contributed by atoms with Gasteiger partial charge < -0.3 is 16.8 Å². The van der Waals surface area contributed by atoms with Gasteiger partial charge in [0.1, 0.15) is 0 Å². The third-order valence-corrected chi connectivity index (χ3v) is 2.21. The minimum atomic E-state index is 0.600. The Morgan fingerprint density at radius 3 is 2.33 bits per heavy atom. The van der Waals surface area contributed by atoms with Crippen molar-refractivity contribution in [2.45, 2.75) is 20.3 Å². The summed E-state index contributed by atoms with van der Waals surface area (Å²) < 4.78 is 0. The first-order valence-electron chi connectivity index (χ1n) is 4.83. The van der Waals surface area contributed by atoms with Crippen molar-refractivity contribution in [1.29, 1.82) is 0 Å². The smallest absolute Gasteiger partial charge is 0.000600 e. The van der Waals surface area contributed by atoms with E-state index in [1.807, 2.05) is 0 Å². The first kappa shape index (κ1) is 11.9. The summed E-state index contributed by atoms with van der Waals surface area (Å²) in [6.45, 7) is 7.99. The Kier molecular flexibility index (Phi) is 7.45. The van der Waals surface area contributed by atoms with Crippen molar-refractivity contribution in [2.24, 2.45) is 23.3 Å². The molecular formula is C9H23N3. The molecule has 0 aromatic carbocycles. The summed E-state index contributed by atoms with van der Waals surface area (Å²) in [6.07, 6.45) is 1.05.